The molecule has 1 atom stereocenters. The van der Waals surface area contributed by atoms with Gasteiger partial charge in [-0.25, -0.2) is 0 Å². The van der Waals surface area contributed by atoms with Gasteiger partial charge in [0.1, 0.15) is 5.76 Å². The van der Waals surface area contributed by atoms with E-state index in [2.05, 4.69) is 18.7 Å². The van der Waals surface area contributed by atoms with E-state index < -0.39 is 0 Å². The Labute approximate surface area is 71.3 Å². The van der Waals surface area contributed by atoms with Crippen LogP contribution in [0.15, 0.2) is 23.7 Å². The maximum absolute atomic E-state index is 5.26. The Balaban J connectivity index is 2.12. The summed E-state index contributed by atoms with van der Waals surface area (Å²) in [4.78, 5) is 0. The van der Waals surface area contributed by atoms with Gasteiger partial charge in [-0.3, -0.25) is 0 Å². The van der Waals surface area contributed by atoms with Gasteiger partial charge in [0.2, 0.25) is 6.79 Å². The molecule has 0 bridgehead atoms. The number of thiol groups is 1. The van der Waals surface area contributed by atoms with Crippen molar-refractivity contribution >= 4 is 12.6 Å². The van der Waals surface area contributed by atoms with Crippen molar-refractivity contribution in [2.75, 3.05) is 12.5 Å². The van der Waals surface area contributed by atoms with E-state index in [1.807, 2.05) is 6.08 Å². The van der Waals surface area contributed by atoms with Gasteiger partial charge in [-0.2, -0.15) is 12.6 Å². The van der Waals surface area contributed by atoms with E-state index in [-0.39, 0.29) is 0 Å². The fraction of sp³-hybridized carbons (Fsp3) is 0.500. The van der Waals surface area contributed by atoms with Gasteiger partial charge in [-0.1, -0.05) is 6.08 Å². The minimum Gasteiger partial charge on any atom is -0.458 e. The monoisotopic (exact) mass is 170 g/mol. The quantitative estimate of drug-likeness (QED) is 0.604. The molecule has 0 aromatic heterocycles. The van der Waals surface area contributed by atoms with Crippen LogP contribution in [0.1, 0.15) is 6.42 Å². The van der Waals surface area contributed by atoms with Gasteiger partial charge in [-0.05, 0) is 17.7 Å². The molecule has 1 aliphatic heterocycles. The highest BCUT2D eigenvalue weighted by molar-refractivity contribution is 7.80. The van der Waals surface area contributed by atoms with Crippen LogP contribution in [0.25, 0.3) is 0 Å². The van der Waals surface area contributed by atoms with Gasteiger partial charge >= 0.3 is 0 Å². The highest BCUT2D eigenvalue weighted by atomic mass is 32.1. The summed E-state index contributed by atoms with van der Waals surface area (Å²) in [6.45, 7) is 0.383. The summed E-state index contributed by atoms with van der Waals surface area (Å²) in [7, 11) is 0. The van der Waals surface area contributed by atoms with E-state index in [0.717, 1.165) is 23.7 Å². The van der Waals surface area contributed by atoms with Crippen molar-refractivity contribution in [3.05, 3.63) is 23.7 Å². The van der Waals surface area contributed by atoms with Crippen molar-refractivity contribution < 1.29 is 9.47 Å². The fourth-order valence-electron chi connectivity index (χ4n) is 1.27. The Hall–Kier alpha value is -0.570. The van der Waals surface area contributed by atoms with Crippen LogP contribution in [0.2, 0.25) is 0 Å². The summed E-state index contributed by atoms with van der Waals surface area (Å²) < 4.78 is 10.5. The predicted octanol–water partition coefficient (Wildman–Crippen LogP) is 1.71. The molecular formula is C8H10O2S. The first-order valence-corrected chi connectivity index (χ1v) is 4.31. The van der Waals surface area contributed by atoms with Crippen molar-refractivity contribution in [1.29, 1.82) is 0 Å². The maximum atomic E-state index is 5.26. The van der Waals surface area contributed by atoms with Gasteiger partial charge < -0.3 is 9.47 Å². The lowest BCUT2D eigenvalue weighted by Gasteiger charge is -2.12. The molecule has 60 valence electrons. The zero-order valence-electron chi connectivity index (χ0n) is 6.12. The van der Waals surface area contributed by atoms with Crippen molar-refractivity contribution in [3.8, 4) is 0 Å². The highest BCUT2D eigenvalue weighted by Gasteiger charge is 2.21. The Kier molecular flexibility index (Phi) is 1.82. The number of hydrogen-bond acceptors (Lipinski definition) is 3. The van der Waals surface area contributed by atoms with Crippen LogP contribution in [0.3, 0.4) is 0 Å². The van der Waals surface area contributed by atoms with Gasteiger partial charge in [0.15, 0.2) is 5.76 Å². The first kappa shape index (κ1) is 7.10. The predicted molar refractivity (Wildman–Crippen MR) is 45.2 cm³/mol. The average Bonchev–Trinajstić information content (AvgIpc) is 2.50. The summed E-state index contributed by atoms with van der Waals surface area (Å²) in [5.41, 5.74) is 0. The van der Waals surface area contributed by atoms with Gasteiger partial charge in [0, 0.05) is 6.42 Å². The smallest absolute Gasteiger partial charge is 0.230 e. The zero-order valence-corrected chi connectivity index (χ0v) is 7.01. The van der Waals surface area contributed by atoms with Crippen molar-refractivity contribution in [3.63, 3.8) is 0 Å². The van der Waals surface area contributed by atoms with Crippen LogP contribution in [0.4, 0.5) is 0 Å². The minimum absolute atomic E-state index is 0.383. The van der Waals surface area contributed by atoms with Gasteiger partial charge in [0.05, 0.1) is 0 Å². The second-order valence-corrected chi connectivity index (χ2v) is 3.06. The molecule has 2 nitrogen and oxygen atoms in total. The highest BCUT2D eigenvalue weighted by Crippen LogP contribution is 2.29. The number of rotatable bonds is 1. The second-order valence-electron chi connectivity index (χ2n) is 2.70. The van der Waals surface area contributed by atoms with Crippen LogP contribution in [-0.2, 0) is 9.47 Å². The largest absolute Gasteiger partial charge is 0.458 e. The summed E-state index contributed by atoms with van der Waals surface area (Å²) in [5, 5.41) is 0. The average molecular weight is 170 g/mol. The van der Waals surface area contributed by atoms with Crippen molar-refractivity contribution in [2.24, 2.45) is 5.92 Å². The molecule has 0 amide bonds. The number of hydrogen-bond donors (Lipinski definition) is 1. The molecular weight excluding hydrogens is 160 g/mol. The van der Waals surface area contributed by atoms with E-state index in [9.17, 15) is 0 Å². The second kappa shape index (κ2) is 2.81. The Morgan fingerprint density at radius 1 is 1.55 bits per heavy atom. The number of ether oxygens (including phenoxy) is 2. The summed E-state index contributed by atoms with van der Waals surface area (Å²) in [6.07, 6.45) is 5.04. The third kappa shape index (κ3) is 1.25. The summed E-state index contributed by atoms with van der Waals surface area (Å²) >= 11 is 4.22. The lowest BCUT2D eigenvalue weighted by molar-refractivity contribution is 0.0720. The Morgan fingerprint density at radius 2 is 2.45 bits per heavy atom. The third-order valence-electron chi connectivity index (χ3n) is 1.92. The Morgan fingerprint density at radius 3 is 3.27 bits per heavy atom. The molecule has 0 saturated heterocycles. The van der Waals surface area contributed by atoms with E-state index in [1.54, 1.807) is 0 Å². The molecule has 3 heteroatoms. The molecule has 0 aromatic carbocycles. The Bertz CT molecular complexity index is 220. The maximum Gasteiger partial charge on any atom is 0.230 e. The SMILES string of the molecule is SCC1C=CC2=C(C1)OCO2. The fourth-order valence-corrected chi connectivity index (χ4v) is 1.52. The topological polar surface area (TPSA) is 18.5 Å². The lowest BCUT2D eigenvalue weighted by atomic mass is 10.0. The molecule has 2 aliphatic rings. The van der Waals surface area contributed by atoms with Crippen LogP contribution in [0, 0.1) is 5.92 Å². The van der Waals surface area contributed by atoms with E-state index in [4.69, 9.17) is 9.47 Å². The normalized spacial score (nSPS) is 27.9. The van der Waals surface area contributed by atoms with Crippen LogP contribution < -0.4 is 0 Å². The first-order valence-electron chi connectivity index (χ1n) is 3.68. The van der Waals surface area contributed by atoms with Crippen molar-refractivity contribution in [2.45, 2.75) is 6.42 Å². The number of allylic oxidation sites excluding steroid dienone is 3. The molecule has 0 aromatic rings. The molecule has 0 spiro atoms. The minimum atomic E-state index is 0.383. The molecule has 0 radical (unpaired) electrons. The van der Waals surface area contributed by atoms with E-state index >= 15 is 0 Å². The summed E-state index contributed by atoms with van der Waals surface area (Å²) in [6, 6.07) is 0. The van der Waals surface area contributed by atoms with E-state index in [0.29, 0.717) is 12.7 Å². The van der Waals surface area contributed by atoms with Gasteiger partial charge in [0.25, 0.3) is 0 Å². The molecule has 2 rings (SSSR count). The lowest BCUT2D eigenvalue weighted by Crippen LogP contribution is -2.05. The van der Waals surface area contributed by atoms with E-state index in [1.165, 1.54) is 0 Å². The molecule has 1 heterocycles. The van der Waals surface area contributed by atoms with Crippen LogP contribution >= 0.6 is 12.6 Å². The molecule has 1 unspecified atom stereocenters. The first-order chi connectivity index (χ1) is 5.40. The summed E-state index contributed by atoms with van der Waals surface area (Å²) in [5.74, 6) is 3.28. The van der Waals surface area contributed by atoms with Crippen molar-refractivity contribution in [1.82, 2.24) is 0 Å². The molecule has 11 heavy (non-hydrogen) atoms. The third-order valence-corrected chi connectivity index (χ3v) is 2.39. The zero-order chi connectivity index (χ0) is 7.68. The molecule has 0 N–H and O–H groups in total. The molecule has 1 aliphatic carbocycles. The molecule has 0 saturated carbocycles. The van der Waals surface area contributed by atoms with Gasteiger partial charge in [-0.15, -0.1) is 0 Å². The van der Waals surface area contributed by atoms with Crippen LogP contribution in [0.5, 0.6) is 0 Å². The molecule has 0 fully saturated rings. The standard InChI is InChI=1S/C8H10O2S/c11-4-6-1-2-7-8(3-6)10-5-9-7/h1-2,6,11H,3-5H2. The van der Waals surface area contributed by atoms with Crippen LogP contribution in [-0.4, -0.2) is 12.5 Å².